The molecule has 0 saturated heterocycles. The van der Waals surface area contributed by atoms with E-state index >= 15 is 0 Å². The maximum Gasteiger partial charge on any atom is 0.228 e. The average Bonchev–Trinajstić information content (AvgIpc) is 3.16. The number of methoxy groups -OCH3 is 1. The average molecular weight is 374 g/mol. The summed E-state index contributed by atoms with van der Waals surface area (Å²) in [6, 6.07) is 8.25. The van der Waals surface area contributed by atoms with Crippen LogP contribution >= 0.6 is 0 Å². The molecule has 7 heteroatoms. The van der Waals surface area contributed by atoms with Crippen molar-refractivity contribution < 1.29 is 9.26 Å². The van der Waals surface area contributed by atoms with E-state index in [1.54, 1.807) is 14.2 Å². The molecule has 2 N–H and O–H groups in total. The first-order valence-electron chi connectivity index (χ1n) is 9.52. The number of nitrogens with zero attached hydrogens (tertiary/aromatic N) is 3. The highest BCUT2D eigenvalue weighted by molar-refractivity contribution is 5.79. The van der Waals surface area contributed by atoms with Crippen LogP contribution in [-0.4, -0.2) is 43.3 Å². The van der Waals surface area contributed by atoms with Crippen LogP contribution < -0.4 is 15.4 Å². The van der Waals surface area contributed by atoms with Gasteiger partial charge >= 0.3 is 0 Å². The monoisotopic (exact) mass is 373 g/mol. The Kier molecular flexibility index (Phi) is 8.61. The van der Waals surface area contributed by atoms with Gasteiger partial charge in [0, 0.05) is 32.5 Å². The Balaban J connectivity index is 1.59. The highest BCUT2D eigenvalue weighted by atomic mass is 16.5. The summed E-state index contributed by atoms with van der Waals surface area (Å²) in [7, 11) is 3.46. The molecule has 0 atom stereocenters. The molecule has 2 aromatic rings. The summed E-state index contributed by atoms with van der Waals surface area (Å²) in [5.41, 5.74) is 1.33. The molecule has 0 aliphatic rings. The molecule has 0 bridgehead atoms. The first-order valence-corrected chi connectivity index (χ1v) is 9.52. The van der Waals surface area contributed by atoms with Crippen molar-refractivity contribution >= 4 is 5.96 Å². The molecular formula is C20H31N5O2. The Hall–Kier alpha value is -2.57. The van der Waals surface area contributed by atoms with Crippen LogP contribution in [0.2, 0.25) is 0 Å². The van der Waals surface area contributed by atoms with E-state index in [-0.39, 0.29) is 5.92 Å². The van der Waals surface area contributed by atoms with Gasteiger partial charge in [0.05, 0.1) is 7.11 Å². The lowest BCUT2D eigenvalue weighted by Crippen LogP contribution is -2.38. The molecule has 148 valence electrons. The lowest BCUT2D eigenvalue weighted by atomic mass is 10.1. The topological polar surface area (TPSA) is 84.6 Å². The molecule has 0 amide bonds. The molecule has 7 nitrogen and oxygen atoms in total. The zero-order valence-corrected chi connectivity index (χ0v) is 16.8. The number of aryl methyl sites for hydroxylation is 1. The predicted molar refractivity (Wildman–Crippen MR) is 107 cm³/mol. The maximum absolute atomic E-state index is 5.24. The molecule has 0 aliphatic carbocycles. The number of hydrogen-bond donors (Lipinski definition) is 2. The molecule has 1 heterocycles. The molecule has 0 aliphatic heterocycles. The third-order valence-electron chi connectivity index (χ3n) is 4.20. The summed E-state index contributed by atoms with van der Waals surface area (Å²) in [5.74, 6) is 3.38. The lowest BCUT2D eigenvalue weighted by molar-refractivity contribution is 0.371. The number of unbranched alkanes of at least 4 members (excludes halogenated alkanes) is 1. The lowest BCUT2D eigenvalue weighted by Gasteiger charge is -2.11. The molecule has 27 heavy (non-hydrogen) atoms. The summed E-state index contributed by atoms with van der Waals surface area (Å²) in [6.07, 6.45) is 3.94. The van der Waals surface area contributed by atoms with Gasteiger partial charge in [0.25, 0.3) is 0 Å². The predicted octanol–water partition coefficient (Wildman–Crippen LogP) is 2.93. The highest BCUT2D eigenvalue weighted by Crippen LogP contribution is 2.13. The van der Waals surface area contributed by atoms with E-state index in [1.165, 1.54) is 5.56 Å². The fraction of sp³-hybridized carbons (Fsp3) is 0.550. The first kappa shape index (κ1) is 20.7. The largest absolute Gasteiger partial charge is 0.497 e. The summed E-state index contributed by atoms with van der Waals surface area (Å²) >= 11 is 0. The van der Waals surface area contributed by atoms with Crippen LogP contribution in [0, 0.1) is 0 Å². The van der Waals surface area contributed by atoms with E-state index in [9.17, 15) is 0 Å². The van der Waals surface area contributed by atoms with Crippen molar-refractivity contribution in [3.05, 3.63) is 41.5 Å². The van der Waals surface area contributed by atoms with Crippen molar-refractivity contribution in [2.75, 3.05) is 27.2 Å². The van der Waals surface area contributed by atoms with E-state index in [4.69, 9.17) is 9.26 Å². The summed E-state index contributed by atoms with van der Waals surface area (Å²) in [6.45, 7) is 5.68. The van der Waals surface area contributed by atoms with Crippen LogP contribution in [0.15, 0.2) is 33.8 Å². The Bertz CT molecular complexity index is 695. The van der Waals surface area contributed by atoms with Crippen molar-refractivity contribution in [3.63, 3.8) is 0 Å². The van der Waals surface area contributed by atoms with E-state index in [0.717, 1.165) is 43.3 Å². The van der Waals surface area contributed by atoms with Gasteiger partial charge in [0.2, 0.25) is 5.89 Å². The van der Waals surface area contributed by atoms with Gasteiger partial charge < -0.3 is 19.9 Å². The van der Waals surface area contributed by atoms with Crippen molar-refractivity contribution in [2.24, 2.45) is 4.99 Å². The highest BCUT2D eigenvalue weighted by Gasteiger charge is 2.09. The van der Waals surface area contributed by atoms with Crippen LogP contribution in [0.4, 0.5) is 0 Å². The number of ether oxygens (including phenoxy) is 1. The molecule has 0 radical (unpaired) electrons. The minimum absolute atomic E-state index is 0.280. The summed E-state index contributed by atoms with van der Waals surface area (Å²) in [5, 5.41) is 10.6. The number of guanidine groups is 1. The summed E-state index contributed by atoms with van der Waals surface area (Å²) < 4.78 is 10.4. The van der Waals surface area contributed by atoms with Gasteiger partial charge in [0.1, 0.15) is 5.75 Å². The van der Waals surface area contributed by atoms with Gasteiger partial charge in [-0.05, 0) is 37.0 Å². The Morgan fingerprint density at radius 1 is 1.11 bits per heavy atom. The van der Waals surface area contributed by atoms with Gasteiger partial charge in [-0.25, -0.2) is 0 Å². The molecule has 2 rings (SSSR count). The van der Waals surface area contributed by atoms with Crippen LogP contribution in [0.3, 0.4) is 0 Å². The van der Waals surface area contributed by atoms with Gasteiger partial charge in [-0.15, -0.1) is 0 Å². The van der Waals surface area contributed by atoms with Crippen molar-refractivity contribution in [2.45, 2.75) is 45.4 Å². The SMILES string of the molecule is CN=C(NCCCCc1ccc(OC)cc1)NCCc1nc(C(C)C)no1. The third-order valence-corrected chi connectivity index (χ3v) is 4.20. The van der Waals surface area contributed by atoms with Gasteiger partial charge in [-0.3, -0.25) is 4.99 Å². The molecule has 0 fully saturated rings. The first-order chi connectivity index (χ1) is 13.1. The van der Waals surface area contributed by atoms with Crippen molar-refractivity contribution in [1.82, 2.24) is 20.8 Å². The second-order valence-electron chi connectivity index (χ2n) is 6.68. The standard InChI is InChI=1S/C20H31N5O2/c1-15(2)19-24-18(27-25-19)12-14-23-20(21-3)22-13-6-5-7-16-8-10-17(26-4)11-9-16/h8-11,15H,5-7,12-14H2,1-4H3,(H2,21,22,23). The fourth-order valence-electron chi connectivity index (χ4n) is 2.57. The van der Waals surface area contributed by atoms with Crippen molar-refractivity contribution in [3.8, 4) is 5.75 Å². The quantitative estimate of drug-likeness (QED) is 0.378. The zero-order valence-electron chi connectivity index (χ0n) is 16.8. The van der Waals surface area contributed by atoms with Crippen LogP contribution in [0.1, 0.15) is 49.9 Å². The second-order valence-corrected chi connectivity index (χ2v) is 6.68. The second kappa shape index (κ2) is 11.2. The van der Waals surface area contributed by atoms with E-state index in [0.29, 0.717) is 18.9 Å². The number of hydrogen-bond acceptors (Lipinski definition) is 5. The number of aliphatic imine (C=N–C) groups is 1. The molecular weight excluding hydrogens is 342 g/mol. The van der Waals surface area contributed by atoms with E-state index in [1.807, 2.05) is 26.0 Å². The molecule has 0 spiro atoms. The molecule has 1 aromatic heterocycles. The number of aromatic nitrogens is 2. The van der Waals surface area contributed by atoms with Gasteiger partial charge in [-0.1, -0.05) is 31.1 Å². The van der Waals surface area contributed by atoms with Gasteiger partial charge in [-0.2, -0.15) is 4.98 Å². The Morgan fingerprint density at radius 2 is 1.85 bits per heavy atom. The third kappa shape index (κ3) is 7.29. The Labute approximate surface area is 161 Å². The minimum atomic E-state index is 0.280. The molecule has 1 aromatic carbocycles. The van der Waals surface area contributed by atoms with E-state index < -0.39 is 0 Å². The zero-order chi connectivity index (χ0) is 19.5. The van der Waals surface area contributed by atoms with Crippen LogP contribution in [0.25, 0.3) is 0 Å². The number of benzene rings is 1. The van der Waals surface area contributed by atoms with Gasteiger partial charge in [0.15, 0.2) is 11.8 Å². The molecule has 0 unspecified atom stereocenters. The molecule has 0 saturated carbocycles. The number of rotatable bonds is 10. The summed E-state index contributed by atoms with van der Waals surface area (Å²) in [4.78, 5) is 8.61. The smallest absolute Gasteiger partial charge is 0.228 e. The van der Waals surface area contributed by atoms with E-state index in [2.05, 4.69) is 37.9 Å². The Morgan fingerprint density at radius 3 is 2.48 bits per heavy atom. The fourth-order valence-corrected chi connectivity index (χ4v) is 2.57. The minimum Gasteiger partial charge on any atom is -0.497 e. The van der Waals surface area contributed by atoms with Crippen LogP contribution in [-0.2, 0) is 12.8 Å². The number of nitrogens with one attached hydrogen (secondary N) is 2. The van der Waals surface area contributed by atoms with Crippen LogP contribution in [0.5, 0.6) is 5.75 Å². The van der Waals surface area contributed by atoms with Crippen molar-refractivity contribution in [1.29, 1.82) is 0 Å². The normalized spacial score (nSPS) is 11.7. The maximum atomic E-state index is 5.24.